The number of phenols is 1. The highest BCUT2D eigenvalue weighted by Crippen LogP contribution is 2.21. The Bertz CT molecular complexity index is 1000. The number of ether oxygens (including phenoxy) is 1. The lowest BCUT2D eigenvalue weighted by Gasteiger charge is -2.17. The Morgan fingerprint density at radius 2 is 1.86 bits per heavy atom. The first-order valence-electron chi connectivity index (χ1n) is 8.85. The molecule has 0 saturated heterocycles. The van der Waals surface area contributed by atoms with Crippen LogP contribution in [0, 0.1) is 0 Å². The lowest BCUT2D eigenvalue weighted by Crippen LogP contribution is -2.46. The van der Waals surface area contributed by atoms with Gasteiger partial charge in [0.05, 0.1) is 19.3 Å². The quantitative estimate of drug-likeness (QED) is 0.488. The van der Waals surface area contributed by atoms with Gasteiger partial charge in [0, 0.05) is 29.8 Å². The second kappa shape index (κ2) is 8.94. The largest absolute Gasteiger partial charge is 0.507 e. The first kappa shape index (κ1) is 20.0. The van der Waals surface area contributed by atoms with Crippen LogP contribution in [0.4, 0.5) is 5.69 Å². The standard InChI is InChI=1S/C21H21N3O5/c1-29-16-6-4-5-14(11-16)22-21(28)18(13-25)23-20(27)17-12-15(7-8-19(17)26)24-9-2-3-10-24/h2-12,18,25-26H,13H2,1H3,(H,22,28)(H,23,27). The lowest BCUT2D eigenvalue weighted by atomic mass is 10.1. The summed E-state index contributed by atoms with van der Waals surface area (Å²) >= 11 is 0. The van der Waals surface area contributed by atoms with Gasteiger partial charge in [0.25, 0.3) is 5.91 Å². The second-order valence-corrected chi connectivity index (χ2v) is 6.22. The predicted octanol–water partition coefficient (Wildman–Crippen LogP) is 1.92. The first-order chi connectivity index (χ1) is 14.0. The number of carbonyl (C=O) groups is 2. The van der Waals surface area contributed by atoms with E-state index in [4.69, 9.17) is 4.74 Å². The molecule has 0 aliphatic rings. The van der Waals surface area contributed by atoms with Gasteiger partial charge < -0.3 is 30.2 Å². The van der Waals surface area contributed by atoms with Gasteiger partial charge in [-0.1, -0.05) is 6.07 Å². The third-order valence-corrected chi connectivity index (χ3v) is 4.27. The first-order valence-corrected chi connectivity index (χ1v) is 8.85. The van der Waals surface area contributed by atoms with E-state index in [0.717, 1.165) is 0 Å². The molecular formula is C21H21N3O5. The van der Waals surface area contributed by atoms with E-state index in [9.17, 15) is 19.8 Å². The molecule has 8 nitrogen and oxygen atoms in total. The maximum Gasteiger partial charge on any atom is 0.255 e. The highest BCUT2D eigenvalue weighted by Gasteiger charge is 2.22. The number of aromatic hydroxyl groups is 1. The Morgan fingerprint density at radius 3 is 2.55 bits per heavy atom. The molecule has 3 aromatic rings. The number of hydrogen-bond acceptors (Lipinski definition) is 5. The van der Waals surface area contributed by atoms with Gasteiger partial charge in [-0.25, -0.2) is 0 Å². The molecule has 150 valence electrons. The Labute approximate surface area is 167 Å². The zero-order valence-electron chi connectivity index (χ0n) is 15.7. The summed E-state index contributed by atoms with van der Waals surface area (Å²) in [5, 5.41) is 24.7. The summed E-state index contributed by atoms with van der Waals surface area (Å²) in [5.74, 6) is -0.964. The SMILES string of the molecule is COc1cccc(NC(=O)C(CO)NC(=O)c2cc(-n3cccc3)ccc2O)c1. The van der Waals surface area contributed by atoms with Crippen LogP contribution in [-0.2, 0) is 4.79 Å². The molecule has 3 rings (SSSR count). The van der Waals surface area contributed by atoms with Crippen molar-refractivity contribution in [3.05, 3.63) is 72.6 Å². The van der Waals surface area contributed by atoms with Crippen molar-refractivity contribution in [1.82, 2.24) is 9.88 Å². The van der Waals surface area contributed by atoms with E-state index in [-0.39, 0.29) is 11.3 Å². The molecule has 2 amide bonds. The smallest absolute Gasteiger partial charge is 0.255 e. The van der Waals surface area contributed by atoms with Gasteiger partial charge >= 0.3 is 0 Å². The molecule has 8 heteroatoms. The average Bonchev–Trinajstić information content (AvgIpc) is 3.27. The van der Waals surface area contributed by atoms with E-state index < -0.39 is 24.5 Å². The summed E-state index contributed by atoms with van der Waals surface area (Å²) < 4.78 is 6.87. The summed E-state index contributed by atoms with van der Waals surface area (Å²) in [7, 11) is 1.51. The lowest BCUT2D eigenvalue weighted by molar-refractivity contribution is -0.118. The molecule has 0 fully saturated rings. The Morgan fingerprint density at radius 1 is 1.10 bits per heavy atom. The third-order valence-electron chi connectivity index (χ3n) is 4.27. The number of anilines is 1. The van der Waals surface area contributed by atoms with Gasteiger partial charge in [0.15, 0.2) is 0 Å². The van der Waals surface area contributed by atoms with Crippen LogP contribution in [0.15, 0.2) is 67.0 Å². The van der Waals surface area contributed by atoms with Crippen LogP contribution in [0.1, 0.15) is 10.4 Å². The van der Waals surface area contributed by atoms with Gasteiger partial charge in [-0.3, -0.25) is 9.59 Å². The maximum atomic E-state index is 12.6. The van der Waals surface area contributed by atoms with Gasteiger partial charge in [0.2, 0.25) is 5.91 Å². The minimum atomic E-state index is -1.21. The van der Waals surface area contributed by atoms with E-state index >= 15 is 0 Å². The molecule has 4 N–H and O–H groups in total. The highest BCUT2D eigenvalue weighted by atomic mass is 16.5. The number of aliphatic hydroxyl groups excluding tert-OH is 1. The molecule has 0 spiro atoms. The van der Waals surface area contributed by atoms with E-state index in [1.54, 1.807) is 47.3 Å². The average molecular weight is 395 g/mol. The molecule has 0 radical (unpaired) electrons. The number of hydrogen-bond donors (Lipinski definition) is 4. The number of methoxy groups -OCH3 is 1. The van der Waals surface area contributed by atoms with Gasteiger partial charge in [0.1, 0.15) is 17.5 Å². The van der Waals surface area contributed by atoms with Crippen LogP contribution in [0.25, 0.3) is 5.69 Å². The summed E-state index contributed by atoms with van der Waals surface area (Å²) in [4.78, 5) is 25.1. The third kappa shape index (κ3) is 4.74. The van der Waals surface area contributed by atoms with E-state index in [0.29, 0.717) is 17.1 Å². The van der Waals surface area contributed by atoms with E-state index in [2.05, 4.69) is 10.6 Å². The van der Waals surface area contributed by atoms with E-state index in [1.807, 2.05) is 12.1 Å². The Kier molecular flexibility index (Phi) is 6.16. The number of benzene rings is 2. The van der Waals surface area contributed by atoms with Gasteiger partial charge in [-0.2, -0.15) is 0 Å². The van der Waals surface area contributed by atoms with Gasteiger partial charge in [-0.05, 0) is 42.5 Å². The molecule has 1 aromatic heterocycles. The molecule has 0 aliphatic heterocycles. The number of amides is 2. The molecule has 2 aromatic carbocycles. The van der Waals surface area contributed by atoms with E-state index in [1.165, 1.54) is 19.2 Å². The number of aliphatic hydroxyl groups is 1. The molecule has 29 heavy (non-hydrogen) atoms. The van der Waals surface area contributed by atoms with Crippen LogP contribution >= 0.6 is 0 Å². The topological polar surface area (TPSA) is 113 Å². The normalized spacial score (nSPS) is 11.5. The zero-order valence-corrected chi connectivity index (χ0v) is 15.7. The van der Waals surface area contributed by atoms with Crippen molar-refractivity contribution in [2.75, 3.05) is 19.0 Å². The molecular weight excluding hydrogens is 374 g/mol. The summed E-state index contributed by atoms with van der Waals surface area (Å²) in [6.07, 6.45) is 3.60. The number of nitrogens with one attached hydrogen (secondary N) is 2. The van der Waals surface area contributed by atoms with Crippen LogP contribution in [0.5, 0.6) is 11.5 Å². The second-order valence-electron chi connectivity index (χ2n) is 6.22. The van der Waals surface area contributed by atoms with Crippen molar-refractivity contribution >= 4 is 17.5 Å². The van der Waals surface area contributed by atoms with Crippen molar-refractivity contribution in [2.45, 2.75) is 6.04 Å². The zero-order chi connectivity index (χ0) is 20.8. The monoisotopic (exact) mass is 395 g/mol. The summed E-state index contributed by atoms with van der Waals surface area (Å²) in [6.45, 7) is -0.612. The fourth-order valence-corrected chi connectivity index (χ4v) is 2.73. The molecule has 1 atom stereocenters. The van der Waals surface area contributed by atoms with Crippen molar-refractivity contribution < 1.29 is 24.5 Å². The number of nitrogens with zero attached hydrogens (tertiary/aromatic N) is 1. The molecule has 0 saturated carbocycles. The molecule has 1 unspecified atom stereocenters. The Hall–Kier alpha value is -3.78. The summed E-state index contributed by atoms with van der Waals surface area (Å²) in [6, 6.07) is 13.7. The summed E-state index contributed by atoms with van der Waals surface area (Å²) in [5.41, 5.74) is 1.11. The predicted molar refractivity (Wildman–Crippen MR) is 107 cm³/mol. The maximum absolute atomic E-state index is 12.6. The minimum Gasteiger partial charge on any atom is -0.507 e. The number of aromatic nitrogens is 1. The highest BCUT2D eigenvalue weighted by molar-refractivity contribution is 6.02. The molecule has 0 bridgehead atoms. The minimum absolute atomic E-state index is 0.0103. The number of carbonyl (C=O) groups excluding carboxylic acids is 2. The fraction of sp³-hybridized carbons (Fsp3) is 0.143. The van der Waals surface area contributed by atoms with Crippen molar-refractivity contribution in [1.29, 1.82) is 0 Å². The van der Waals surface area contributed by atoms with Crippen molar-refractivity contribution in [2.24, 2.45) is 0 Å². The van der Waals surface area contributed by atoms with Crippen LogP contribution in [0.2, 0.25) is 0 Å². The number of phenolic OH excluding ortho intramolecular Hbond substituents is 1. The van der Waals surface area contributed by atoms with Gasteiger partial charge in [-0.15, -0.1) is 0 Å². The van der Waals surface area contributed by atoms with Crippen LogP contribution < -0.4 is 15.4 Å². The Balaban J connectivity index is 1.74. The fourth-order valence-electron chi connectivity index (χ4n) is 2.73. The molecule has 1 heterocycles. The van der Waals surface area contributed by atoms with Crippen molar-refractivity contribution in [3.63, 3.8) is 0 Å². The van der Waals surface area contributed by atoms with Crippen LogP contribution in [0.3, 0.4) is 0 Å². The van der Waals surface area contributed by atoms with Crippen molar-refractivity contribution in [3.8, 4) is 17.2 Å². The molecule has 0 aliphatic carbocycles. The van der Waals surface area contributed by atoms with Crippen LogP contribution in [-0.4, -0.2) is 46.4 Å². The number of rotatable bonds is 7.